The number of anilines is 1. The predicted octanol–water partition coefficient (Wildman–Crippen LogP) is 1.73. The molecule has 5 heteroatoms. The first-order chi connectivity index (χ1) is 9.70. The van der Waals surface area contributed by atoms with Crippen LogP contribution in [0.5, 0.6) is 0 Å². The number of hydrogen-bond donors (Lipinski definition) is 2. The highest BCUT2D eigenvalue weighted by Crippen LogP contribution is 2.14. The van der Waals surface area contributed by atoms with Crippen molar-refractivity contribution in [1.29, 1.82) is 0 Å². The molecule has 1 unspecified atom stereocenters. The Morgan fingerprint density at radius 1 is 1.55 bits per heavy atom. The SMILES string of the molecule is CCCNc1ccnc(C(=O)NCC2CCCN2C)c1. The molecule has 0 spiro atoms. The molecular weight excluding hydrogens is 252 g/mol. The van der Waals surface area contributed by atoms with Gasteiger partial charge in [0.25, 0.3) is 5.91 Å². The Morgan fingerprint density at radius 3 is 3.10 bits per heavy atom. The van der Waals surface area contributed by atoms with Gasteiger partial charge in [-0.15, -0.1) is 0 Å². The molecule has 2 rings (SSSR count). The smallest absolute Gasteiger partial charge is 0.270 e. The lowest BCUT2D eigenvalue weighted by atomic mass is 10.2. The topological polar surface area (TPSA) is 57.3 Å². The van der Waals surface area contributed by atoms with E-state index in [1.54, 1.807) is 6.20 Å². The zero-order valence-electron chi connectivity index (χ0n) is 12.4. The van der Waals surface area contributed by atoms with Crippen molar-refractivity contribution >= 4 is 11.6 Å². The number of likely N-dealkylation sites (tertiary alicyclic amines) is 1. The van der Waals surface area contributed by atoms with Crippen LogP contribution in [0, 0.1) is 0 Å². The highest BCUT2D eigenvalue weighted by molar-refractivity contribution is 5.93. The number of carbonyl (C=O) groups is 1. The second-order valence-electron chi connectivity index (χ2n) is 5.34. The summed E-state index contributed by atoms with van der Waals surface area (Å²) in [5, 5.41) is 6.25. The van der Waals surface area contributed by atoms with Crippen molar-refractivity contribution in [3.8, 4) is 0 Å². The van der Waals surface area contributed by atoms with Gasteiger partial charge in [0.15, 0.2) is 0 Å². The van der Waals surface area contributed by atoms with Gasteiger partial charge in [0.05, 0.1) is 0 Å². The Labute approximate surface area is 120 Å². The van der Waals surface area contributed by atoms with Crippen molar-refractivity contribution in [1.82, 2.24) is 15.2 Å². The van der Waals surface area contributed by atoms with E-state index in [2.05, 4.69) is 34.5 Å². The third kappa shape index (κ3) is 3.93. The Balaban J connectivity index is 1.88. The maximum Gasteiger partial charge on any atom is 0.270 e. The van der Waals surface area contributed by atoms with E-state index in [0.29, 0.717) is 18.3 Å². The molecule has 2 N–H and O–H groups in total. The molecule has 0 saturated carbocycles. The summed E-state index contributed by atoms with van der Waals surface area (Å²) in [4.78, 5) is 18.6. The standard InChI is InChI=1S/C15H24N4O/c1-3-7-16-12-6-8-17-14(10-12)15(20)18-11-13-5-4-9-19(13)2/h6,8,10,13H,3-5,7,9,11H2,1-2H3,(H,16,17)(H,18,20). The van der Waals surface area contributed by atoms with Gasteiger partial charge in [-0.1, -0.05) is 6.92 Å². The van der Waals surface area contributed by atoms with Crippen LogP contribution in [0.2, 0.25) is 0 Å². The fourth-order valence-electron chi connectivity index (χ4n) is 2.47. The lowest BCUT2D eigenvalue weighted by Gasteiger charge is -2.19. The number of likely N-dealkylation sites (N-methyl/N-ethyl adjacent to an activating group) is 1. The molecule has 1 fully saturated rings. The Kier molecular flexibility index (Phi) is 5.35. The lowest BCUT2D eigenvalue weighted by Crippen LogP contribution is -2.38. The molecule has 20 heavy (non-hydrogen) atoms. The van der Waals surface area contributed by atoms with E-state index in [1.165, 1.54) is 6.42 Å². The van der Waals surface area contributed by atoms with Gasteiger partial charge in [-0.05, 0) is 45.0 Å². The molecule has 1 saturated heterocycles. The largest absolute Gasteiger partial charge is 0.385 e. The Morgan fingerprint density at radius 2 is 2.40 bits per heavy atom. The minimum absolute atomic E-state index is 0.0922. The van der Waals surface area contributed by atoms with E-state index < -0.39 is 0 Å². The van der Waals surface area contributed by atoms with E-state index in [9.17, 15) is 4.79 Å². The number of hydrogen-bond acceptors (Lipinski definition) is 4. The van der Waals surface area contributed by atoms with E-state index in [4.69, 9.17) is 0 Å². The van der Waals surface area contributed by atoms with Crippen molar-refractivity contribution in [3.63, 3.8) is 0 Å². The van der Waals surface area contributed by atoms with Crippen LogP contribution < -0.4 is 10.6 Å². The summed E-state index contributed by atoms with van der Waals surface area (Å²) in [7, 11) is 2.11. The van der Waals surface area contributed by atoms with Gasteiger partial charge in [-0.2, -0.15) is 0 Å². The van der Waals surface area contributed by atoms with Crippen LogP contribution in [0.4, 0.5) is 5.69 Å². The van der Waals surface area contributed by atoms with E-state index in [0.717, 1.165) is 31.6 Å². The summed E-state index contributed by atoms with van der Waals surface area (Å²) >= 11 is 0. The molecule has 0 aromatic carbocycles. The van der Waals surface area contributed by atoms with Gasteiger partial charge in [0.1, 0.15) is 5.69 Å². The zero-order chi connectivity index (χ0) is 14.4. The quantitative estimate of drug-likeness (QED) is 0.831. The molecule has 0 bridgehead atoms. The predicted molar refractivity (Wildman–Crippen MR) is 81.0 cm³/mol. The van der Waals surface area contributed by atoms with E-state index in [1.807, 2.05) is 12.1 Å². The third-order valence-corrected chi connectivity index (χ3v) is 3.74. The number of aromatic nitrogens is 1. The second kappa shape index (κ2) is 7.24. The van der Waals surface area contributed by atoms with Crippen LogP contribution in [0.25, 0.3) is 0 Å². The first-order valence-corrected chi connectivity index (χ1v) is 7.39. The van der Waals surface area contributed by atoms with Crippen molar-refractivity contribution in [2.24, 2.45) is 0 Å². The van der Waals surface area contributed by atoms with Gasteiger partial charge < -0.3 is 15.5 Å². The van der Waals surface area contributed by atoms with Crippen molar-refractivity contribution in [2.45, 2.75) is 32.2 Å². The summed E-state index contributed by atoms with van der Waals surface area (Å²) in [6.07, 6.45) is 5.10. The van der Waals surface area contributed by atoms with Crippen LogP contribution in [0.3, 0.4) is 0 Å². The highest BCUT2D eigenvalue weighted by atomic mass is 16.1. The number of rotatable bonds is 6. The fraction of sp³-hybridized carbons (Fsp3) is 0.600. The first-order valence-electron chi connectivity index (χ1n) is 7.39. The molecule has 110 valence electrons. The normalized spacial score (nSPS) is 19.0. The molecular formula is C15H24N4O. The second-order valence-corrected chi connectivity index (χ2v) is 5.34. The summed E-state index contributed by atoms with van der Waals surface area (Å²) < 4.78 is 0. The molecule has 1 aliphatic heterocycles. The van der Waals surface area contributed by atoms with Crippen LogP contribution in [0.15, 0.2) is 18.3 Å². The average Bonchev–Trinajstić information content (AvgIpc) is 2.88. The molecule has 1 aliphatic rings. The number of amides is 1. The molecule has 0 aliphatic carbocycles. The van der Waals surface area contributed by atoms with Gasteiger partial charge >= 0.3 is 0 Å². The van der Waals surface area contributed by atoms with Crippen LogP contribution in [0.1, 0.15) is 36.7 Å². The summed E-state index contributed by atoms with van der Waals surface area (Å²) in [6.45, 7) is 4.83. The fourth-order valence-corrected chi connectivity index (χ4v) is 2.47. The number of nitrogens with one attached hydrogen (secondary N) is 2. The first kappa shape index (κ1) is 14.8. The van der Waals surface area contributed by atoms with Gasteiger partial charge in [0, 0.05) is 31.0 Å². The Bertz CT molecular complexity index is 449. The van der Waals surface area contributed by atoms with Crippen molar-refractivity contribution in [3.05, 3.63) is 24.0 Å². The highest BCUT2D eigenvalue weighted by Gasteiger charge is 2.21. The Hall–Kier alpha value is -1.62. The summed E-state index contributed by atoms with van der Waals surface area (Å²) in [6, 6.07) is 4.15. The monoisotopic (exact) mass is 276 g/mol. The molecule has 1 amide bonds. The van der Waals surface area contributed by atoms with Crippen LogP contribution >= 0.6 is 0 Å². The minimum atomic E-state index is -0.0922. The van der Waals surface area contributed by atoms with E-state index in [-0.39, 0.29) is 5.91 Å². The molecule has 2 heterocycles. The molecule has 5 nitrogen and oxygen atoms in total. The van der Waals surface area contributed by atoms with E-state index >= 15 is 0 Å². The lowest BCUT2D eigenvalue weighted by molar-refractivity contribution is 0.0938. The number of nitrogens with zero attached hydrogens (tertiary/aromatic N) is 2. The maximum absolute atomic E-state index is 12.1. The van der Waals surface area contributed by atoms with Gasteiger partial charge in [0.2, 0.25) is 0 Å². The van der Waals surface area contributed by atoms with Crippen molar-refractivity contribution in [2.75, 3.05) is 32.0 Å². The van der Waals surface area contributed by atoms with Crippen LogP contribution in [-0.2, 0) is 0 Å². The molecule has 1 atom stereocenters. The van der Waals surface area contributed by atoms with Crippen LogP contribution in [-0.4, -0.2) is 48.5 Å². The minimum Gasteiger partial charge on any atom is -0.385 e. The van der Waals surface area contributed by atoms with Gasteiger partial charge in [-0.3, -0.25) is 9.78 Å². The summed E-state index contributed by atoms with van der Waals surface area (Å²) in [5.41, 5.74) is 1.43. The molecule has 0 radical (unpaired) electrons. The zero-order valence-corrected chi connectivity index (χ0v) is 12.4. The van der Waals surface area contributed by atoms with Gasteiger partial charge in [-0.25, -0.2) is 0 Å². The third-order valence-electron chi connectivity index (χ3n) is 3.74. The van der Waals surface area contributed by atoms with Crippen molar-refractivity contribution < 1.29 is 4.79 Å². The maximum atomic E-state index is 12.1. The number of carbonyl (C=O) groups excluding carboxylic acids is 1. The summed E-state index contributed by atoms with van der Waals surface area (Å²) in [5.74, 6) is -0.0922. The molecule has 1 aromatic heterocycles. The number of pyridine rings is 1. The average molecular weight is 276 g/mol. The molecule has 1 aromatic rings.